The molecular weight excluding hydrogens is 450 g/mol. The minimum absolute atomic E-state index is 0.0957. The summed E-state index contributed by atoms with van der Waals surface area (Å²) in [5.41, 5.74) is 5.57. The van der Waals surface area contributed by atoms with Gasteiger partial charge in [0.15, 0.2) is 0 Å². The molecule has 0 saturated carbocycles. The number of benzene rings is 3. The summed E-state index contributed by atoms with van der Waals surface area (Å²) < 4.78 is 0. The second-order valence-corrected chi connectivity index (χ2v) is 8.77. The molecule has 0 bridgehead atoms. The van der Waals surface area contributed by atoms with Crippen molar-refractivity contribution >= 4 is 35.0 Å². The number of nitrogens with one attached hydrogen (secondary N) is 1. The van der Waals surface area contributed by atoms with E-state index in [-0.39, 0.29) is 11.7 Å². The molecule has 0 atom stereocenters. The van der Waals surface area contributed by atoms with E-state index in [9.17, 15) is 10.1 Å². The first-order chi connectivity index (χ1) is 16.0. The number of anilines is 1. The number of pyridine rings is 1. The molecule has 0 radical (unpaired) electrons. The van der Waals surface area contributed by atoms with E-state index in [0.29, 0.717) is 21.3 Å². The number of thioether (sulfide) groups is 1. The van der Waals surface area contributed by atoms with E-state index in [1.54, 1.807) is 24.3 Å². The number of carbonyl (C=O) groups excluding carboxylic acids is 1. The van der Waals surface area contributed by atoms with Crippen LogP contribution in [0.5, 0.6) is 0 Å². The average Bonchev–Trinajstić information content (AvgIpc) is 2.84. The molecule has 0 spiro atoms. The Kier molecular flexibility index (Phi) is 7.09. The third-order valence-electron chi connectivity index (χ3n) is 5.02. The Morgan fingerprint density at radius 1 is 1.00 bits per heavy atom. The van der Waals surface area contributed by atoms with Crippen molar-refractivity contribution in [2.24, 2.45) is 0 Å². The number of para-hydroxylation sites is 1. The molecule has 4 nitrogen and oxygen atoms in total. The molecule has 0 unspecified atom stereocenters. The Bertz CT molecular complexity index is 1330. The number of amides is 1. The number of hydrogen-bond donors (Lipinski definition) is 1. The van der Waals surface area contributed by atoms with Gasteiger partial charge in [-0.25, -0.2) is 4.98 Å². The molecule has 0 aliphatic heterocycles. The zero-order valence-corrected chi connectivity index (χ0v) is 19.5. The molecule has 4 rings (SSSR count). The Hall–Kier alpha value is -3.59. The predicted octanol–water partition coefficient (Wildman–Crippen LogP) is 6.98. The molecular formula is C27H20ClN3OS. The van der Waals surface area contributed by atoms with Crippen LogP contribution in [0, 0.1) is 18.3 Å². The number of aromatic nitrogens is 1. The fourth-order valence-electron chi connectivity index (χ4n) is 3.33. The molecule has 6 heteroatoms. The molecule has 3 aromatic carbocycles. The van der Waals surface area contributed by atoms with Crippen molar-refractivity contribution in [2.45, 2.75) is 11.9 Å². The third-order valence-corrected chi connectivity index (χ3v) is 6.32. The third kappa shape index (κ3) is 5.43. The van der Waals surface area contributed by atoms with Gasteiger partial charge >= 0.3 is 0 Å². The Balaban J connectivity index is 1.69. The van der Waals surface area contributed by atoms with Crippen LogP contribution in [0.15, 0.2) is 90.0 Å². The number of aryl methyl sites for hydroxylation is 1. The van der Waals surface area contributed by atoms with Gasteiger partial charge in [-0.2, -0.15) is 5.26 Å². The number of rotatable bonds is 6. The Morgan fingerprint density at radius 3 is 2.39 bits per heavy atom. The van der Waals surface area contributed by atoms with Crippen LogP contribution in [0.3, 0.4) is 0 Å². The maximum absolute atomic E-state index is 12.6. The van der Waals surface area contributed by atoms with E-state index < -0.39 is 0 Å². The molecule has 0 saturated heterocycles. The second kappa shape index (κ2) is 10.4. The van der Waals surface area contributed by atoms with Crippen LogP contribution < -0.4 is 5.32 Å². The van der Waals surface area contributed by atoms with Gasteiger partial charge in [0.25, 0.3) is 0 Å². The smallest absolute Gasteiger partial charge is 0.234 e. The fourth-order valence-corrected chi connectivity index (χ4v) is 4.32. The first-order valence-corrected chi connectivity index (χ1v) is 11.7. The van der Waals surface area contributed by atoms with Crippen molar-refractivity contribution in [3.63, 3.8) is 0 Å². The quantitative estimate of drug-likeness (QED) is 0.309. The van der Waals surface area contributed by atoms with Gasteiger partial charge in [0.05, 0.1) is 27.7 Å². The number of carbonyl (C=O) groups is 1. The van der Waals surface area contributed by atoms with Gasteiger partial charge in [-0.15, -0.1) is 0 Å². The Labute approximate surface area is 202 Å². The van der Waals surface area contributed by atoms with Crippen LogP contribution in [-0.4, -0.2) is 16.6 Å². The van der Waals surface area contributed by atoms with Crippen LogP contribution in [0.4, 0.5) is 5.69 Å². The zero-order valence-electron chi connectivity index (χ0n) is 17.9. The van der Waals surface area contributed by atoms with Gasteiger partial charge in [0.2, 0.25) is 5.91 Å². The lowest BCUT2D eigenvalue weighted by molar-refractivity contribution is -0.113. The van der Waals surface area contributed by atoms with Crippen LogP contribution >= 0.6 is 23.4 Å². The van der Waals surface area contributed by atoms with E-state index in [1.165, 1.54) is 11.8 Å². The first-order valence-electron chi connectivity index (χ1n) is 10.3. The average molecular weight is 470 g/mol. The molecule has 1 amide bonds. The monoisotopic (exact) mass is 469 g/mol. The normalized spacial score (nSPS) is 10.5. The minimum Gasteiger partial charge on any atom is -0.324 e. The molecule has 1 heterocycles. The lowest BCUT2D eigenvalue weighted by Gasteiger charge is -2.13. The standard InChI is InChI=1S/C27H20ClN3OS/c1-18-11-13-20(14-12-18)25-15-21(19-7-3-2-4-8-19)22(16-29)27(31-25)33-17-26(32)30-24-10-6-5-9-23(24)28/h2-15H,17H2,1H3,(H,30,32). The summed E-state index contributed by atoms with van der Waals surface area (Å²) in [6.45, 7) is 2.03. The summed E-state index contributed by atoms with van der Waals surface area (Å²) in [5.74, 6) is -0.126. The molecule has 1 N–H and O–H groups in total. The van der Waals surface area contributed by atoms with Gasteiger partial charge in [0.1, 0.15) is 11.1 Å². The van der Waals surface area contributed by atoms with E-state index in [1.807, 2.05) is 67.6 Å². The number of nitriles is 1. The number of hydrogen-bond acceptors (Lipinski definition) is 4. The molecule has 1 aromatic heterocycles. The van der Waals surface area contributed by atoms with E-state index >= 15 is 0 Å². The van der Waals surface area contributed by atoms with Crippen molar-refractivity contribution in [1.29, 1.82) is 5.26 Å². The largest absolute Gasteiger partial charge is 0.324 e. The molecule has 162 valence electrons. The van der Waals surface area contributed by atoms with E-state index in [0.717, 1.165) is 27.9 Å². The lowest BCUT2D eigenvalue weighted by atomic mass is 9.99. The molecule has 0 aliphatic carbocycles. The number of halogens is 1. The van der Waals surface area contributed by atoms with Gasteiger partial charge in [-0.1, -0.05) is 95.7 Å². The predicted molar refractivity (Wildman–Crippen MR) is 135 cm³/mol. The SMILES string of the molecule is Cc1ccc(-c2cc(-c3ccccc3)c(C#N)c(SCC(=O)Nc3ccccc3Cl)n2)cc1. The summed E-state index contributed by atoms with van der Waals surface area (Å²) in [6.07, 6.45) is 0. The summed E-state index contributed by atoms with van der Waals surface area (Å²) in [6, 6.07) is 29.1. The van der Waals surface area contributed by atoms with Crippen LogP contribution in [-0.2, 0) is 4.79 Å². The van der Waals surface area contributed by atoms with Gasteiger partial charge < -0.3 is 5.32 Å². The highest BCUT2D eigenvalue weighted by atomic mass is 35.5. The maximum atomic E-state index is 12.6. The maximum Gasteiger partial charge on any atom is 0.234 e. The molecule has 4 aromatic rings. The highest BCUT2D eigenvalue weighted by Crippen LogP contribution is 2.34. The Morgan fingerprint density at radius 2 is 1.70 bits per heavy atom. The van der Waals surface area contributed by atoms with E-state index in [4.69, 9.17) is 16.6 Å². The summed E-state index contributed by atoms with van der Waals surface area (Å²) in [4.78, 5) is 17.3. The fraction of sp³-hybridized carbons (Fsp3) is 0.0741. The van der Waals surface area contributed by atoms with Crippen LogP contribution in [0.1, 0.15) is 11.1 Å². The highest BCUT2D eigenvalue weighted by molar-refractivity contribution is 8.00. The summed E-state index contributed by atoms with van der Waals surface area (Å²) in [5, 5.41) is 13.8. The van der Waals surface area contributed by atoms with E-state index in [2.05, 4.69) is 11.4 Å². The van der Waals surface area contributed by atoms with Crippen molar-refractivity contribution in [3.8, 4) is 28.5 Å². The molecule has 0 fully saturated rings. The van der Waals surface area contributed by atoms with Crippen LogP contribution in [0.2, 0.25) is 5.02 Å². The van der Waals surface area contributed by atoms with Crippen molar-refractivity contribution in [2.75, 3.05) is 11.1 Å². The summed E-state index contributed by atoms with van der Waals surface area (Å²) >= 11 is 7.38. The van der Waals surface area contributed by atoms with Crippen molar-refractivity contribution in [1.82, 2.24) is 4.98 Å². The van der Waals surface area contributed by atoms with Crippen LogP contribution in [0.25, 0.3) is 22.4 Å². The topological polar surface area (TPSA) is 65.8 Å². The number of nitrogens with zero attached hydrogens (tertiary/aromatic N) is 2. The van der Waals surface area contributed by atoms with Gasteiger partial charge in [-0.05, 0) is 30.7 Å². The minimum atomic E-state index is -0.221. The summed E-state index contributed by atoms with van der Waals surface area (Å²) in [7, 11) is 0. The second-order valence-electron chi connectivity index (χ2n) is 7.40. The van der Waals surface area contributed by atoms with Gasteiger partial charge in [-0.3, -0.25) is 4.79 Å². The first kappa shape index (κ1) is 22.6. The van der Waals surface area contributed by atoms with Gasteiger partial charge in [0, 0.05) is 11.1 Å². The zero-order chi connectivity index (χ0) is 23.2. The lowest BCUT2D eigenvalue weighted by Crippen LogP contribution is -2.14. The van der Waals surface area contributed by atoms with Crippen molar-refractivity contribution < 1.29 is 4.79 Å². The van der Waals surface area contributed by atoms with Crippen molar-refractivity contribution in [3.05, 3.63) is 101 Å². The molecule has 0 aliphatic rings. The highest BCUT2D eigenvalue weighted by Gasteiger charge is 2.17. The molecule has 33 heavy (non-hydrogen) atoms.